The number of phenolic OH excluding ortho intramolecular Hbond substituents is 4. The summed E-state index contributed by atoms with van der Waals surface area (Å²) in [5.41, 5.74) is 0.577. The molecule has 39 heavy (non-hydrogen) atoms. The van der Waals surface area contributed by atoms with Crippen LogP contribution in [-0.4, -0.2) is 81.4 Å². The molecule has 220 valence electrons. The van der Waals surface area contributed by atoms with Crippen molar-refractivity contribution in [2.45, 2.75) is 66.1 Å². The molecule has 2 aromatic rings. The van der Waals surface area contributed by atoms with E-state index in [4.69, 9.17) is 24.8 Å². The molecule has 2 aromatic carbocycles. The second kappa shape index (κ2) is 17.7. The number of phenols is 4. The van der Waals surface area contributed by atoms with E-state index in [-0.39, 0.29) is 41.6 Å². The molecule has 0 aromatic heterocycles. The molecule has 1 aliphatic rings. The largest absolute Gasteiger partial charge is 0.507 e. The number of esters is 1. The van der Waals surface area contributed by atoms with Gasteiger partial charge in [0.05, 0.1) is 13.2 Å². The number of aliphatic hydroxyl groups excluding tert-OH is 2. The number of aryl methyl sites for hydroxylation is 1. The van der Waals surface area contributed by atoms with Crippen LogP contribution in [0.15, 0.2) is 30.3 Å². The monoisotopic (exact) mass is 556 g/mol. The van der Waals surface area contributed by atoms with Gasteiger partial charge in [0.25, 0.3) is 6.47 Å². The first-order valence-corrected chi connectivity index (χ1v) is 12.4. The Balaban J connectivity index is 0.000000857. The summed E-state index contributed by atoms with van der Waals surface area (Å²) >= 11 is 0. The molecule has 1 heterocycles. The Morgan fingerprint density at radius 1 is 0.949 bits per heavy atom. The highest BCUT2D eigenvalue weighted by molar-refractivity contribution is 5.92. The predicted molar refractivity (Wildman–Crippen MR) is 141 cm³/mol. The third-order valence-electron chi connectivity index (χ3n) is 5.23. The number of rotatable bonds is 6. The van der Waals surface area contributed by atoms with Crippen molar-refractivity contribution >= 4 is 12.4 Å². The highest BCUT2D eigenvalue weighted by Crippen LogP contribution is 2.35. The molecule has 0 bridgehead atoms. The van der Waals surface area contributed by atoms with E-state index in [1.807, 2.05) is 27.7 Å². The maximum Gasteiger partial charge on any atom is 0.341 e. The van der Waals surface area contributed by atoms with E-state index < -0.39 is 42.2 Å². The molecule has 0 radical (unpaired) electrons. The normalized spacial score (nSPS) is 21.3. The summed E-state index contributed by atoms with van der Waals surface area (Å²) < 4.78 is 20.3. The molecule has 1 aliphatic heterocycles. The molecule has 6 N–H and O–H groups in total. The van der Waals surface area contributed by atoms with Gasteiger partial charge in [0, 0.05) is 5.92 Å². The van der Waals surface area contributed by atoms with E-state index in [1.165, 1.54) is 37.4 Å². The third-order valence-corrected chi connectivity index (χ3v) is 5.23. The predicted octanol–water partition coefficient (Wildman–Crippen LogP) is 2.98. The minimum absolute atomic E-state index is 0.110. The second-order valence-electron chi connectivity index (χ2n) is 7.75. The van der Waals surface area contributed by atoms with E-state index in [0.717, 1.165) is 0 Å². The number of carbonyl (C=O) groups is 2. The van der Waals surface area contributed by atoms with Crippen LogP contribution in [0.25, 0.3) is 0 Å². The van der Waals surface area contributed by atoms with Gasteiger partial charge in [-0.3, -0.25) is 4.79 Å². The maximum absolute atomic E-state index is 11.6. The number of methoxy groups -OCH3 is 1. The van der Waals surface area contributed by atoms with E-state index in [2.05, 4.69) is 9.47 Å². The summed E-state index contributed by atoms with van der Waals surface area (Å²) in [6.45, 7) is 11.5. The second-order valence-corrected chi connectivity index (χ2v) is 7.75. The van der Waals surface area contributed by atoms with Crippen LogP contribution in [0.4, 0.5) is 0 Å². The molecule has 0 aliphatic carbocycles. The Morgan fingerprint density at radius 2 is 1.51 bits per heavy atom. The number of aliphatic hydroxyl groups is 2. The fourth-order valence-electron chi connectivity index (χ4n) is 3.23. The first-order valence-electron chi connectivity index (χ1n) is 12.4. The van der Waals surface area contributed by atoms with E-state index in [9.17, 15) is 24.9 Å². The van der Waals surface area contributed by atoms with Crippen LogP contribution in [0, 0.1) is 12.8 Å². The SMILES string of the molecule is CC.CC.COC(=O)c1cc(OC2OC(COC=O)C(C)C(O)C2O)ccc1O.Cc1cc(O)c(O)c(O)c1. The van der Waals surface area contributed by atoms with Crippen LogP contribution in [0.2, 0.25) is 0 Å². The van der Waals surface area contributed by atoms with E-state index in [1.54, 1.807) is 13.8 Å². The van der Waals surface area contributed by atoms with Gasteiger partial charge in [0.15, 0.2) is 17.2 Å². The molecule has 12 heteroatoms. The Kier molecular flexibility index (Phi) is 16.0. The topological polar surface area (TPSA) is 192 Å². The molecule has 12 nitrogen and oxygen atoms in total. The van der Waals surface area contributed by atoms with Crippen LogP contribution >= 0.6 is 0 Å². The van der Waals surface area contributed by atoms with Crippen molar-refractivity contribution in [1.29, 1.82) is 0 Å². The van der Waals surface area contributed by atoms with E-state index in [0.29, 0.717) is 5.56 Å². The fourth-order valence-corrected chi connectivity index (χ4v) is 3.23. The molecule has 5 atom stereocenters. The van der Waals surface area contributed by atoms with Crippen LogP contribution in [-0.2, 0) is 19.0 Å². The lowest BCUT2D eigenvalue weighted by molar-refractivity contribution is -0.261. The van der Waals surface area contributed by atoms with Gasteiger partial charge in [-0.1, -0.05) is 34.6 Å². The molecular formula is C27H40O12. The molecule has 3 rings (SSSR count). The van der Waals surface area contributed by atoms with E-state index >= 15 is 0 Å². The summed E-state index contributed by atoms with van der Waals surface area (Å²) in [4.78, 5) is 21.9. The zero-order chi connectivity index (χ0) is 30.3. The summed E-state index contributed by atoms with van der Waals surface area (Å²) in [7, 11) is 1.17. The maximum atomic E-state index is 11.6. The lowest BCUT2D eigenvalue weighted by Crippen LogP contribution is -2.56. The van der Waals surface area contributed by atoms with Gasteiger partial charge in [-0.25, -0.2) is 4.79 Å². The summed E-state index contributed by atoms with van der Waals surface area (Å²) in [6.07, 6.45) is -4.48. The Labute approximate surface area is 228 Å². The average Bonchev–Trinajstić information content (AvgIpc) is 2.94. The zero-order valence-corrected chi connectivity index (χ0v) is 23.2. The molecule has 1 fully saturated rings. The average molecular weight is 557 g/mol. The summed E-state index contributed by atoms with van der Waals surface area (Å²) in [5.74, 6) is -2.51. The van der Waals surface area contributed by atoms with Gasteiger partial charge in [0.1, 0.15) is 35.9 Å². The molecule has 0 saturated carbocycles. The Hall–Kier alpha value is -3.74. The van der Waals surface area contributed by atoms with Crippen LogP contribution in [0.5, 0.6) is 28.7 Å². The fraction of sp³-hybridized carbons (Fsp3) is 0.481. The molecule has 1 saturated heterocycles. The van der Waals surface area contributed by atoms with Gasteiger partial charge < -0.3 is 49.6 Å². The highest BCUT2D eigenvalue weighted by Gasteiger charge is 2.43. The number of ether oxygens (including phenoxy) is 4. The van der Waals surface area contributed by atoms with Gasteiger partial charge in [-0.15, -0.1) is 0 Å². The molecule has 0 spiro atoms. The molecule has 0 amide bonds. The van der Waals surface area contributed by atoms with Crippen LogP contribution < -0.4 is 4.74 Å². The lowest BCUT2D eigenvalue weighted by atomic mass is 9.91. The zero-order valence-electron chi connectivity index (χ0n) is 23.2. The van der Waals surface area contributed by atoms with Crippen molar-refractivity contribution in [3.05, 3.63) is 41.5 Å². The van der Waals surface area contributed by atoms with Gasteiger partial charge in [0.2, 0.25) is 6.29 Å². The summed E-state index contributed by atoms with van der Waals surface area (Å²) in [5, 5.41) is 56.5. The van der Waals surface area contributed by atoms with Crippen LogP contribution in [0.3, 0.4) is 0 Å². The van der Waals surface area contributed by atoms with Crippen molar-refractivity contribution in [3.63, 3.8) is 0 Å². The quantitative estimate of drug-likeness (QED) is 0.173. The number of benzene rings is 2. The lowest BCUT2D eigenvalue weighted by Gasteiger charge is -2.40. The van der Waals surface area contributed by atoms with Gasteiger partial charge >= 0.3 is 5.97 Å². The first-order chi connectivity index (χ1) is 18.5. The van der Waals surface area contributed by atoms with Gasteiger partial charge in [-0.2, -0.15) is 0 Å². The van der Waals surface area contributed by atoms with Crippen molar-refractivity contribution in [2.75, 3.05) is 13.7 Å². The summed E-state index contributed by atoms with van der Waals surface area (Å²) in [6, 6.07) is 6.55. The number of aromatic hydroxyl groups is 4. The standard InChI is InChI=1S/C16H20O9.C7H8O3.2C2H6/c1-8-12(6-23-7-17)25-16(14(20)13(8)19)24-9-3-4-11(18)10(5-9)15(21)22-2;1-4-2-5(8)7(10)6(9)3-4;2*1-2/h3-5,7-8,12-14,16,18-20H,6H2,1-2H3;2-3,8-10H,1H3;2*1-2H3. The molecule has 5 unspecified atom stereocenters. The minimum Gasteiger partial charge on any atom is -0.507 e. The van der Waals surface area contributed by atoms with Crippen molar-refractivity contribution in [3.8, 4) is 28.7 Å². The van der Waals surface area contributed by atoms with Crippen LogP contribution in [0.1, 0.15) is 50.5 Å². The highest BCUT2D eigenvalue weighted by atomic mass is 16.7. The number of hydrogen-bond acceptors (Lipinski definition) is 12. The molecular weight excluding hydrogens is 516 g/mol. The van der Waals surface area contributed by atoms with Crippen molar-refractivity contribution in [2.24, 2.45) is 5.92 Å². The number of carbonyl (C=O) groups excluding carboxylic acids is 2. The Morgan fingerprint density at radius 3 is 2.03 bits per heavy atom. The Bertz CT molecular complexity index is 1000. The third kappa shape index (κ3) is 10.2. The number of hydrogen-bond donors (Lipinski definition) is 6. The van der Waals surface area contributed by atoms with Crippen molar-refractivity contribution < 1.29 is 59.2 Å². The smallest absolute Gasteiger partial charge is 0.341 e. The minimum atomic E-state index is -1.36. The van der Waals surface area contributed by atoms with Gasteiger partial charge in [-0.05, 0) is 42.8 Å². The first kappa shape index (κ1) is 35.3. The van der Waals surface area contributed by atoms with Crippen molar-refractivity contribution in [1.82, 2.24) is 0 Å².